The number of nitrogens with zero attached hydrogens (tertiary/aromatic N) is 3. The zero-order chi connectivity index (χ0) is 24.4. The number of likely N-dealkylation sites (tertiary alicyclic amines) is 1. The Bertz CT molecular complexity index is 1240. The minimum Gasteiger partial charge on any atom is -0.496 e. The number of benzene rings is 2. The van der Waals surface area contributed by atoms with Crippen molar-refractivity contribution in [3.05, 3.63) is 83.4 Å². The smallest absolute Gasteiger partial charge is 0.253 e. The van der Waals surface area contributed by atoms with Crippen LogP contribution in [0.2, 0.25) is 0 Å². The zero-order valence-corrected chi connectivity index (χ0v) is 20.4. The number of aromatic nitrogens is 2. The van der Waals surface area contributed by atoms with Gasteiger partial charge in [0.15, 0.2) is 0 Å². The van der Waals surface area contributed by atoms with E-state index >= 15 is 0 Å². The summed E-state index contributed by atoms with van der Waals surface area (Å²) in [6.07, 6.45) is 6.92. The van der Waals surface area contributed by atoms with Crippen LogP contribution in [0.1, 0.15) is 58.9 Å². The third kappa shape index (κ3) is 4.55. The van der Waals surface area contributed by atoms with Gasteiger partial charge < -0.3 is 19.5 Å². The average molecular weight is 473 g/mol. The molecule has 5 rings (SSSR count). The number of ether oxygens (including phenoxy) is 1. The number of amides is 2. The molecule has 2 aromatic carbocycles. The fourth-order valence-electron chi connectivity index (χ4n) is 5.68. The third-order valence-corrected chi connectivity index (χ3v) is 7.46. The zero-order valence-electron chi connectivity index (χ0n) is 20.4. The van der Waals surface area contributed by atoms with Gasteiger partial charge in [0.05, 0.1) is 12.6 Å². The van der Waals surface area contributed by atoms with E-state index in [9.17, 15) is 9.59 Å². The maximum atomic E-state index is 13.8. The molecule has 0 radical (unpaired) electrons. The first-order valence-corrected chi connectivity index (χ1v) is 12.3. The standard InChI is InChI=1S/C28H32N4O3/c1-20-29-14-15-31(20)17-21-8-7-9-22(16-21)27(34)32-18-24(23-10-3-4-11-25(23)35-2)28(19-32)13-6-5-12-26(33)30-28/h3-4,7-11,14-16,24H,5-6,12-13,17-19H2,1-2H3,(H,30,33)/t24-,28+/m0/s1. The van der Waals surface area contributed by atoms with Gasteiger partial charge in [-0.2, -0.15) is 0 Å². The highest BCUT2D eigenvalue weighted by atomic mass is 16.5. The van der Waals surface area contributed by atoms with Crippen molar-refractivity contribution < 1.29 is 14.3 Å². The molecule has 2 aliphatic heterocycles. The lowest BCUT2D eigenvalue weighted by Crippen LogP contribution is -2.52. The Kier molecular flexibility index (Phi) is 6.32. The predicted octanol–water partition coefficient (Wildman–Crippen LogP) is 3.92. The van der Waals surface area contributed by atoms with E-state index in [1.54, 1.807) is 13.3 Å². The second kappa shape index (κ2) is 9.56. The van der Waals surface area contributed by atoms with Crippen LogP contribution in [0.3, 0.4) is 0 Å². The van der Waals surface area contributed by atoms with Crippen molar-refractivity contribution in [3.8, 4) is 5.75 Å². The number of imidazole rings is 1. The predicted molar refractivity (Wildman–Crippen MR) is 133 cm³/mol. The third-order valence-electron chi connectivity index (χ3n) is 7.46. The van der Waals surface area contributed by atoms with E-state index in [1.807, 2.05) is 60.5 Å². The molecule has 1 spiro atoms. The van der Waals surface area contributed by atoms with E-state index in [4.69, 9.17) is 4.74 Å². The first-order chi connectivity index (χ1) is 17.0. The van der Waals surface area contributed by atoms with Crippen molar-refractivity contribution in [2.75, 3.05) is 20.2 Å². The number of carbonyl (C=O) groups is 2. The summed E-state index contributed by atoms with van der Waals surface area (Å²) in [4.78, 5) is 32.6. The molecule has 3 heterocycles. The van der Waals surface area contributed by atoms with Gasteiger partial charge >= 0.3 is 0 Å². The number of carbonyl (C=O) groups excluding carboxylic acids is 2. The Morgan fingerprint density at radius 1 is 1.20 bits per heavy atom. The normalized spacial score (nSPS) is 22.2. The summed E-state index contributed by atoms with van der Waals surface area (Å²) < 4.78 is 7.74. The molecule has 1 aromatic heterocycles. The van der Waals surface area contributed by atoms with Crippen molar-refractivity contribution in [2.24, 2.45) is 0 Å². The Labute approximate surface area is 206 Å². The van der Waals surface area contributed by atoms with E-state index in [1.165, 1.54) is 0 Å². The summed E-state index contributed by atoms with van der Waals surface area (Å²) in [7, 11) is 1.67. The van der Waals surface area contributed by atoms with Crippen molar-refractivity contribution in [1.29, 1.82) is 0 Å². The quantitative estimate of drug-likeness (QED) is 0.611. The van der Waals surface area contributed by atoms with Gasteiger partial charge in [0, 0.05) is 55.5 Å². The van der Waals surface area contributed by atoms with Gasteiger partial charge in [0.1, 0.15) is 11.6 Å². The number of rotatable bonds is 5. The van der Waals surface area contributed by atoms with Crippen LogP contribution in [-0.2, 0) is 11.3 Å². The summed E-state index contributed by atoms with van der Waals surface area (Å²) in [5.41, 5.74) is 2.26. The second-order valence-electron chi connectivity index (χ2n) is 9.69. The van der Waals surface area contributed by atoms with E-state index in [0.717, 1.165) is 42.0 Å². The van der Waals surface area contributed by atoms with Crippen LogP contribution in [0.25, 0.3) is 0 Å². The second-order valence-corrected chi connectivity index (χ2v) is 9.69. The number of hydrogen-bond acceptors (Lipinski definition) is 4. The highest BCUT2D eigenvalue weighted by Crippen LogP contribution is 2.44. The van der Waals surface area contributed by atoms with E-state index in [0.29, 0.717) is 31.6 Å². The lowest BCUT2D eigenvalue weighted by Gasteiger charge is -2.35. The minimum atomic E-state index is -0.497. The molecular formula is C28H32N4O3. The van der Waals surface area contributed by atoms with E-state index < -0.39 is 5.54 Å². The topological polar surface area (TPSA) is 76.5 Å². The molecule has 0 saturated carbocycles. The fourth-order valence-corrected chi connectivity index (χ4v) is 5.68. The molecule has 2 aliphatic rings. The van der Waals surface area contributed by atoms with Crippen LogP contribution < -0.4 is 10.1 Å². The summed E-state index contributed by atoms with van der Waals surface area (Å²) in [5.74, 6) is 1.75. The van der Waals surface area contributed by atoms with Gasteiger partial charge in [-0.15, -0.1) is 0 Å². The van der Waals surface area contributed by atoms with Gasteiger partial charge in [-0.1, -0.05) is 36.8 Å². The molecule has 182 valence electrons. The van der Waals surface area contributed by atoms with E-state index in [-0.39, 0.29) is 17.7 Å². The summed E-state index contributed by atoms with van der Waals surface area (Å²) >= 11 is 0. The first-order valence-electron chi connectivity index (χ1n) is 12.3. The summed E-state index contributed by atoms with van der Waals surface area (Å²) in [5, 5.41) is 3.34. The molecule has 1 N–H and O–H groups in total. The Morgan fingerprint density at radius 3 is 2.86 bits per heavy atom. The molecule has 7 nitrogen and oxygen atoms in total. The molecule has 35 heavy (non-hydrogen) atoms. The number of nitrogens with one attached hydrogen (secondary N) is 1. The van der Waals surface area contributed by atoms with Gasteiger partial charge in [-0.3, -0.25) is 9.59 Å². The molecule has 0 bridgehead atoms. The molecular weight excluding hydrogens is 440 g/mol. The van der Waals surface area contributed by atoms with Crippen molar-refractivity contribution in [3.63, 3.8) is 0 Å². The number of hydrogen-bond donors (Lipinski definition) is 1. The summed E-state index contributed by atoms with van der Waals surface area (Å²) in [6.45, 7) is 3.66. The van der Waals surface area contributed by atoms with E-state index in [2.05, 4.69) is 20.9 Å². The van der Waals surface area contributed by atoms with Crippen molar-refractivity contribution in [2.45, 2.75) is 50.6 Å². The molecule has 2 fully saturated rings. The summed E-state index contributed by atoms with van der Waals surface area (Å²) in [6, 6.07) is 15.8. The molecule has 0 aliphatic carbocycles. The minimum absolute atomic E-state index is 0.00975. The average Bonchev–Trinajstić information content (AvgIpc) is 3.38. The number of aryl methyl sites for hydroxylation is 1. The van der Waals surface area contributed by atoms with Crippen LogP contribution in [-0.4, -0.2) is 52.0 Å². The van der Waals surface area contributed by atoms with Crippen molar-refractivity contribution >= 4 is 11.8 Å². The Balaban J connectivity index is 1.45. The van der Waals surface area contributed by atoms with Crippen LogP contribution in [0.4, 0.5) is 0 Å². The molecule has 0 unspecified atom stereocenters. The SMILES string of the molecule is COc1ccccc1[C@@H]1CN(C(=O)c2cccc(Cn3ccnc3C)c2)C[C@]12CCCCC(=O)N2. The Hall–Kier alpha value is -3.61. The number of para-hydroxylation sites is 1. The van der Waals surface area contributed by atoms with Gasteiger partial charge in [-0.25, -0.2) is 4.98 Å². The maximum Gasteiger partial charge on any atom is 0.253 e. The largest absolute Gasteiger partial charge is 0.496 e. The molecule has 2 saturated heterocycles. The van der Waals surface area contributed by atoms with Crippen molar-refractivity contribution in [1.82, 2.24) is 19.8 Å². The maximum absolute atomic E-state index is 13.8. The molecule has 2 amide bonds. The monoisotopic (exact) mass is 472 g/mol. The van der Waals surface area contributed by atoms with Crippen LogP contribution in [0.5, 0.6) is 5.75 Å². The highest BCUT2D eigenvalue weighted by Gasteiger charge is 2.50. The molecule has 7 heteroatoms. The van der Waals surface area contributed by atoms with Gasteiger partial charge in [-0.05, 0) is 43.5 Å². The van der Waals surface area contributed by atoms with Crippen LogP contribution in [0, 0.1) is 6.92 Å². The van der Waals surface area contributed by atoms with Crippen LogP contribution >= 0.6 is 0 Å². The number of methoxy groups -OCH3 is 1. The highest BCUT2D eigenvalue weighted by molar-refractivity contribution is 5.95. The molecule has 2 atom stereocenters. The first kappa shape index (κ1) is 23.1. The van der Waals surface area contributed by atoms with Crippen LogP contribution in [0.15, 0.2) is 60.9 Å². The lowest BCUT2D eigenvalue weighted by atomic mass is 9.78. The lowest BCUT2D eigenvalue weighted by molar-refractivity contribution is -0.122. The van der Waals surface area contributed by atoms with Gasteiger partial charge in [0.25, 0.3) is 5.91 Å². The Morgan fingerprint density at radius 2 is 2.06 bits per heavy atom. The van der Waals surface area contributed by atoms with Gasteiger partial charge in [0.2, 0.25) is 5.91 Å². The molecule has 3 aromatic rings. The fraction of sp³-hybridized carbons (Fsp3) is 0.393.